The van der Waals surface area contributed by atoms with Crippen LogP contribution < -0.4 is 0 Å². The molecular formula is C16H28O3. The quantitative estimate of drug-likeness (QED) is 0.540. The molecule has 0 aliphatic heterocycles. The summed E-state index contributed by atoms with van der Waals surface area (Å²) < 4.78 is 5.01. The number of esters is 1. The summed E-state index contributed by atoms with van der Waals surface area (Å²) in [6.45, 7) is 9.90. The lowest BCUT2D eigenvalue weighted by molar-refractivity contribution is -0.156. The predicted octanol–water partition coefficient (Wildman–Crippen LogP) is 3.63. The van der Waals surface area contributed by atoms with Crippen molar-refractivity contribution in [1.82, 2.24) is 0 Å². The summed E-state index contributed by atoms with van der Waals surface area (Å²) in [5, 5.41) is 9.40. The molecule has 0 spiro atoms. The van der Waals surface area contributed by atoms with Crippen LogP contribution in [0.2, 0.25) is 0 Å². The number of hydrogen-bond donors (Lipinski definition) is 1. The van der Waals surface area contributed by atoms with Gasteiger partial charge >= 0.3 is 5.97 Å². The molecule has 3 heteroatoms. The molecule has 19 heavy (non-hydrogen) atoms. The van der Waals surface area contributed by atoms with Gasteiger partial charge in [-0.3, -0.25) is 4.79 Å². The van der Waals surface area contributed by atoms with Gasteiger partial charge in [-0.1, -0.05) is 23.3 Å². The third-order valence-electron chi connectivity index (χ3n) is 3.11. The van der Waals surface area contributed by atoms with E-state index >= 15 is 0 Å². The Hall–Kier alpha value is -1.09. The number of carbonyl (C=O) groups is 1. The monoisotopic (exact) mass is 268 g/mol. The Labute approximate surface area is 117 Å². The van der Waals surface area contributed by atoms with Crippen LogP contribution in [0.15, 0.2) is 23.3 Å². The van der Waals surface area contributed by atoms with Gasteiger partial charge in [-0.15, -0.1) is 0 Å². The summed E-state index contributed by atoms with van der Waals surface area (Å²) in [7, 11) is 0. The van der Waals surface area contributed by atoms with Crippen LogP contribution in [0.4, 0.5) is 0 Å². The summed E-state index contributed by atoms with van der Waals surface area (Å²) in [6.07, 6.45) is 6.75. The van der Waals surface area contributed by atoms with Gasteiger partial charge in [0.2, 0.25) is 0 Å². The first-order valence-corrected chi connectivity index (χ1v) is 6.92. The van der Waals surface area contributed by atoms with Crippen molar-refractivity contribution in [3.05, 3.63) is 23.3 Å². The molecule has 0 saturated heterocycles. The van der Waals surface area contributed by atoms with Crippen molar-refractivity contribution in [2.45, 2.75) is 53.9 Å². The SMILES string of the molecule is CCOC(=O)[C@](C)(CO)C/C=C(\C)CCC=C(C)C. The molecule has 1 N–H and O–H groups in total. The molecule has 0 unspecified atom stereocenters. The smallest absolute Gasteiger partial charge is 0.314 e. The van der Waals surface area contributed by atoms with Crippen LogP contribution in [-0.4, -0.2) is 24.3 Å². The van der Waals surface area contributed by atoms with Crippen molar-refractivity contribution < 1.29 is 14.6 Å². The van der Waals surface area contributed by atoms with Gasteiger partial charge in [0.1, 0.15) is 0 Å². The average molecular weight is 268 g/mol. The van der Waals surface area contributed by atoms with Crippen molar-refractivity contribution in [2.24, 2.45) is 5.41 Å². The van der Waals surface area contributed by atoms with Gasteiger partial charge in [0.25, 0.3) is 0 Å². The van der Waals surface area contributed by atoms with Gasteiger partial charge < -0.3 is 9.84 Å². The second-order valence-corrected chi connectivity index (χ2v) is 5.51. The highest BCUT2D eigenvalue weighted by molar-refractivity contribution is 5.76. The lowest BCUT2D eigenvalue weighted by Gasteiger charge is -2.23. The van der Waals surface area contributed by atoms with Crippen molar-refractivity contribution in [3.63, 3.8) is 0 Å². The molecule has 0 aromatic carbocycles. The van der Waals surface area contributed by atoms with Gasteiger partial charge in [-0.2, -0.15) is 0 Å². The maximum atomic E-state index is 11.8. The molecule has 0 aliphatic rings. The Balaban J connectivity index is 4.46. The molecule has 0 radical (unpaired) electrons. The molecule has 110 valence electrons. The van der Waals surface area contributed by atoms with Gasteiger partial charge in [0.15, 0.2) is 0 Å². The Morgan fingerprint density at radius 2 is 1.89 bits per heavy atom. The van der Waals surface area contributed by atoms with E-state index in [0.29, 0.717) is 13.0 Å². The number of ether oxygens (including phenoxy) is 1. The normalized spacial score (nSPS) is 14.7. The van der Waals surface area contributed by atoms with E-state index in [1.165, 1.54) is 11.1 Å². The molecule has 3 nitrogen and oxygen atoms in total. The van der Waals surface area contributed by atoms with E-state index in [0.717, 1.165) is 12.8 Å². The summed E-state index contributed by atoms with van der Waals surface area (Å²) in [5.74, 6) is -0.328. The third-order valence-corrected chi connectivity index (χ3v) is 3.11. The second kappa shape index (κ2) is 8.92. The number of aliphatic hydroxyl groups is 1. The zero-order valence-corrected chi connectivity index (χ0v) is 13.0. The molecule has 1 atom stereocenters. The molecular weight excluding hydrogens is 240 g/mol. The van der Waals surface area contributed by atoms with Crippen LogP contribution in [0.3, 0.4) is 0 Å². The molecule has 0 amide bonds. The van der Waals surface area contributed by atoms with E-state index in [9.17, 15) is 9.90 Å². The molecule has 0 bridgehead atoms. The standard InChI is InChI=1S/C16H28O3/c1-6-19-15(18)16(5,12-17)11-10-14(4)9-7-8-13(2)3/h8,10,17H,6-7,9,11-12H2,1-5H3/b14-10+/t16-/m0/s1. The highest BCUT2D eigenvalue weighted by Gasteiger charge is 2.32. The number of rotatable bonds is 8. The van der Waals surface area contributed by atoms with Gasteiger partial charge in [0.05, 0.1) is 18.6 Å². The van der Waals surface area contributed by atoms with E-state index < -0.39 is 5.41 Å². The van der Waals surface area contributed by atoms with Crippen LogP contribution in [-0.2, 0) is 9.53 Å². The fourth-order valence-corrected chi connectivity index (χ4v) is 1.61. The maximum Gasteiger partial charge on any atom is 0.314 e. The first-order valence-electron chi connectivity index (χ1n) is 6.92. The first kappa shape index (κ1) is 17.9. The minimum atomic E-state index is -0.826. The Morgan fingerprint density at radius 3 is 2.37 bits per heavy atom. The van der Waals surface area contributed by atoms with E-state index in [1.54, 1.807) is 13.8 Å². The Kier molecular flexibility index (Phi) is 8.41. The zero-order valence-electron chi connectivity index (χ0n) is 13.0. The lowest BCUT2D eigenvalue weighted by Crippen LogP contribution is -2.33. The number of aliphatic hydroxyl groups excluding tert-OH is 1. The molecule has 0 fully saturated rings. The largest absolute Gasteiger partial charge is 0.465 e. The van der Waals surface area contributed by atoms with E-state index in [4.69, 9.17) is 4.74 Å². The van der Waals surface area contributed by atoms with Crippen LogP contribution in [0.25, 0.3) is 0 Å². The molecule has 0 rings (SSSR count). The molecule has 0 aromatic heterocycles. The van der Waals surface area contributed by atoms with E-state index in [1.807, 2.05) is 6.08 Å². The fraction of sp³-hybridized carbons (Fsp3) is 0.688. The predicted molar refractivity (Wildman–Crippen MR) is 78.9 cm³/mol. The van der Waals surface area contributed by atoms with Crippen LogP contribution in [0, 0.1) is 5.41 Å². The second-order valence-electron chi connectivity index (χ2n) is 5.51. The average Bonchev–Trinajstić information content (AvgIpc) is 2.35. The first-order chi connectivity index (χ1) is 8.85. The van der Waals surface area contributed by atoms with Crippen molar-refractivity contribution in [2.75, 3.05) is 13.2 Å². The topological polar surface area (TPSA) is 46.5 Å². The maximum absolute atomic E-state index is 11.8. The van der Waals surface area contributed by atoms with Crippen molar-refractivity contribution >= 4 is 5.97 Å². The van der Waals surface area contributed by atoms with Crippen LogP contribution in [0.5, 0.6) is 0 Å². The van der Waals surface area contributed by atoms with Gasteiger partial charge in [-0.25, -0.2) is 0 Å². The lowest BCUT2D eigenvalue weighted by atomic mass is 9.86. The van der Waals surface area contributed by atoms with Gasteiger partial charge in [-0.05, 0) is 53.9 Å². The van der Waals surface area contributed by atoms with E-state index in [2.05, 4.69) is 26.8 Å². The minimum Gasteiger partial charge on any atom is -0.465 e. The third kappa shape index (κ3) is 7.16. The minimum absolute atomic E-state index is 0.191. The van der Waals surface area contributed by atoms with E-state index in [-0.39, 0.29) is 12.6 Å². The van der Waals surface area contributed by atoms with Crippen molar-refractivity contribution in [3.8, 4) is 0 Å². The highest BCUT2D eigenvalue weighted by Crippen LogP contribution is 2.24. The molecule has 0 aromatic rings. The number of allylic oxidation sites excluding steroid dienone is 4. The summed E-state index contributed by atoms with van der Waals surface area (Å²) >= 11 is 0. The number of hydrogen-bond acceptors (Lipinski definition) is 3. The number of carbonyl (C=O) groups excluding carboxylic acids is 1. The zero-order chi connectivity index (χ0) is 14.9. The molecule has 0 aliphatic carbocycles. The molecule has 0 saturated carbocycles. The summed E-state index contributed by atoms with van der Waals surface area (Å²) in [5.41, 5.74) is 1.73. The molecule has 0 heterocycles. The van der Waals surface area contributed by atoms with Crippen LogP contribution >= 0.6 is 0 Å². The van der Waals surface area contributed by atoms with Gasteiger partial charge in [0, 0.05) is 0 Å². The Morgan fingerprint density at radius 1 is 1.26 bits per heavy atom. The highest BCUT2D eigenvalue weighted by atomic mass is 16.5. The van der Waals surface area contributed by atoms with Crippen LogP contribution in [0.1, 0.15) is 53.9 Å². The van der Waals surface area contributed by atoms with Crippen molar-refractivity contribution in [1.29, 1.82) is 0 Å². The summed E-state index contributed by atoms with van der Waals surface area (Å²) in [4.78, 5) is 11.8. The Bertz CT molecular complexity index is 338. The summed E-state index contributed by atoms with van der Waals surface area (Å²) in [6, 6.07) is 0. The fourth-order valence-electron chi connectivity index (χ4n) is 1.61.